The highest BCUT2D eigenvalue weighted by Crippen LogP contribution is 2.34. The summed E-state index contributed by atoms with van der Waals surface area (Å²) in [5, 5.41) is 30.3. The van der Waals surface area contributed by atoms with Gasteiger partial charge in [-0.05, 0) is 359 Å². The molecular formula is C106H108N16O4. The maximum absolute atomic E-state index is 13.2. The molecule has 4 N–H and O–H groups in total. The maximum atomic E-state index is 13.2. The van der Waals surface area contributed by atoms with Crippen molar-refractivity contribution in [2.45, 2.75) is 152 Å². The van der Waals surface area contributed by atoms with Crippen molar-refractivity contribution < 1.29 is 19.2 Å². The second-order valence-electron chi connectivity index (χ2n) is 32.9. The van der Waals surface area contributed by atoms with Gasteiger partial charge in [-0.3, -0.25) is 19.2 Å². The van der Waals surface area contributed by atoms with Gasteiger partial charge in [0.2, 0.25) is 0 Å². The van der Waals surface area contributed by atoms with Crippen molar-refractivity contribution in [2.24, 2.45) is 0 Å². The molecule has 0 radical (unpaired) electrons. The zero-order valence-corrected chi connectivity index (χ0v) is 75.9. The molecule has 9 aromatic carbocycles. The van der Waals surface area contributed by atoms with Crippen LogP contribution in [0.25, 0.3) is 67.6 Å². The van der Waals surface area contributed by atoms with Crippen molar-refractivity contribution in [2.75, 3.05) is 21.3 Å². The fourth-order valence-corrected chi connectivity index (χ4v) is 15.3. The Morgan fingerprint density at radius 2 is 0.556 bits per heavy atom. The van der Waals surface area contributed by atoms with Gasteiger partial charge in [0.15, 0.2) is 5.82 Å². The summed E-state index contributed by atoms with van der Waals surface area (Å²) in [6, 6.07) is 70.9. The van der Waals surface area contributed by atoms with Gasteiger partial charge in [0.1, 0.15) is 28.6 Å². The molecule has 0 aliphatic heterocycles. The Balaban J connectivity index is 0.000000144. The number of rotatable bonds is 16. The van der Waals surface area contributed by atoms with Gasteiger partial charge in [0.05, 0.1) is 34.2 Å². The molecule has 0 aliphatic carbocycles. The van der Waals surface area contributed by atoms with E-state index in [-0.39, 0.29) is 23.6 Å². The number of aromatic nitrogens is 12. The van der Waals surface area contributed by atoms with Gasteiger partial charge in [-0.15, -0.1) is 0 Å². The molecule has 16 aromatic rings. The van der Waals surface area contributed by atoms with E-state index < -0.39 is 0 Å². The predicted molar refractivity (Wildman–Crippen MR) is 509 cm³/mol. The first-order chi connectivity index (χ1) is 60.1. The molecule has 20 nitrogen and oxygen atoms in total. The third kappa shape index (κ3) is 20.2. The van der Waals surface area contributed by atoms with Crippen LogP contribution in [0.5, 0.6) is 0 Å². The van der Waals surface area contributed by atoms with Crippen LogP contribution in [0.3, 0.4) is 0 Å². The van der Waals surface area contributed by atoms with Crippen molar-refractivity contribution in [3.63, 3.8) is 0 Å². The maximum Gasteiger partial charge on any atom is 0.275 e. The number of hydrogen-bond acceptors (Lipinski definition) is 12. The molecule has 0 fully saturated rings. The summed E-state index contributed by atoms with van der Waals surface area (Å²) < 4.78 is 6.56. The monoisotopic (exact) mass is 1670 g/mol. The summed E-state index contributed by atoms with van der Waals surface area (Å²) in [4.78, 5) is 70.7. The van der Waals surface area contributed by atoms with E-state index >= 15 is 0 Å². The van der Waals surface area contributed by atoms with Gasteiger partial charge in [-0.1, -0.05) is 133 Å². The van der Waals surface area contributed by atoms with E-state index in [1.165, 1.54) is 49.2 Å². The summed E-state index contributed by atoms with van der Waals surface area (Å²) in [5.74, 6) is 0.677. The number of carbonyl (C=O) groups is 4. The number of carbonyl (C=O) groups excluding carboxylic acids is 4. The Labute approximate surface area is 738 Å². The normalized spacial score (nSPS) is 10.9. The number of hydrogen-bond donors (Lipinski definition) is 4. The molecule has 7 aromatic heterocycles. The lowest BCUT2D eigenvalue weighted by Crippen LogP contribution is -2.19. The van der Waals surface area contributed by atoms with E-state index in [1.54, 1.807) is 44.6 Å². The fourth-order valence-electron chi connectivity index (χ4n) is 15.3. The number of nitrogens with zero attached hydrogens (tertiary/aromatic N) is 12. The highest BCUT2D eigenvalue weighted by molar-refractivity contribution is 6.06. The minimum Gasteiger partial charge on any atom is -0.320 e. The van der Waals surface area contributed by atoms with Crippen LogP contribution < -0.4 is 21.3 Å². The van der Waals surface area contributed by atoms with E-state index in [2.05, 4.69) is 221 Å². The van der Waals surface area contributed by atoms with Crippen LogP contribution in [0.1, 0.15) is 165 Å². The van der Waals surface area contributed by atoms with Crippen LogP contribution in [-0.2, 0) is 0 Å². The number of pyridine rings is 2. The topological polar surface area (TPSA) is 239 Å². The quantitative estimate of drug-likeness (QED) is 0.0706. The van der Waals surface area contributed by atoms with E-state index in [0.717, 1.165) is 146 Å². The Morgan fingerprint density at radius 1 is 0.246 bits per heavy atom. The Hall–Kier alpha value is -14.9. The van der Waals surface area contributed by atoms with Gasteiger partial charge in [-0.2, -0.15) is 25.1 Å². The minimum atomic E-state index is -0.251. The van der Waals surface area contributed by atoms with Crippen molar-refractivity contribution in [3.05, 3.63) is 377 Å². The first-order valence-corrected chi connectivity index (χ1v) is 42.1. The van der Waals surface area contributed by atoms with Crippen LogP contribution >= 0.6 is 0 Å². The van der Waals surface area contributed by atoms with Gasteiger partial charge < -0.3 is 21.3 Å². The smallest absolute Gasteiger partial charge is 0.275 e. The Bertz CT molecular complexity index is 6430. The lowest BCUT2D eigenvalue weighted by molar-refractivity contribution is 0.101. The van der Waals surface area contributed by atoms with Gasteiger partial charge >= 0.3 is 0 Å². The fraction of sp³-hybridized carbons (Fsp3) is 0.208. The van der Waals surface area contributed by atoms with Crippen LogP contribution in [-0.4, -0.2) is 82.7 Å². The minimum absolute atomic E-state index is 0.167. The standard InChI is InChI=1S/C28H29N3O.C27H28N4O.C26H26N4O.C25H25N5O/c1-17-9-7-8-10-24(17)23-11-12-26(21(5)14-23)31-27(16-22(6)30-31)28(32)29-25-15-19(3)18(2)13-20(25)4;1-16-9-7-8-10-23(16)22-11-12-24(18(3)14-22)31-25(15-20(5)30-31)27(32)29-26-19(4)13-17(2)21(6)28-26;1-16-8-6-7-9-22(16)21-10-11-25(27-15-21)30-24(14-20(5)29-30)26(31)28-23-13-18(3)17(2)12-19(23)4;1-15-8-6-7-9-21(15)20-13-26-25(27-14-20)30-23(12-19(5)29-30)24(31)28-22-11-17(3)16(2)10-18(22)4/h7-16H,1-6H3,(H,29,32);7-15H,1-6H3,(H,28,29,32);6-15H,1-5H3,(H,28,31);6-14H,1-5H3,(H,28,31). The molecule has 7 heterocycles. The van der Waals surface area contributed by atoms with E-state index in [4.69, 9.17) is 0 Å². The average molecular weight is 1670 g/mol. The van der Waals surface area contributed by atoms with Gasteiger partial charge in [-0.25, -0.2) is 34.0 Å². The van der Waals surface area contributed by atoms with Crippen LogP contribution in [0, 0.1) is 152 Å². The molecule has 20 heteroatoms. The average Bonchev–Trinajstić information content (AvgIpc) is 1.65. The molecule has 16 rings (SSSR count). The van der Waals surface area contributed by atoms with Crippen molar-refractivity contribution in [1.82, 2.24) is 59.1 Å². The number of benzene rings is 9. The summed E-state index contributed by atoms with van der Waals surface area (Å²) in [6.07, 6.45) is 5.34. The largest absolute Gasteiger partial charge is 0.320 e. The summed E-state index contributed by atoms with van der Waals surface area (Å²) in [6.45, 7) is 44.2. The van der Waals surface area contributed by atoms with Crippen LogP contribution in [0.15, 0.2) is 231 Å². The summed E-state index contributed by atoms with van der Waals surface area (Å²) in [5.41, 5.74) is 37.9. The Kier molecular flexibility index (Phi) is 27.0. The number of aryl methyl sites for hydroxylation is 22. The lowest BCUT2D eigenvalue weighted by Gasteiger charge is -2.14. The summed E-state index contributed by atoms with van der Waals surface area (Å²) >= 11 is 0. The number of anilines is 4. The molecule has 126 heavy (non-hydrogen) atoms. The molecule has 0 bridgehead atoms. The lowest BCUT2D eigenvalue weighted by atomic mass is 9.98. The van der Waals surface area contributed by atoms with Crippen molar-refractivity contribution >= 4 is 46.5 Å². The molecular weight excluding hydrogens is 1560 g/mol. The zero-order chi connectivity index (χ0) is 90.2. The van der Waals surface area contributed by atoms with Crippen LogP contribution in [0.4, 0.5) is 22.9 Å². The first kappa shape index (κ1) is 88.9. The molecule has 0 aliphatic rings. The molecule has 636 valence electrons. The van der Waals surface area contributed by atoms with Crippen LogP contribution in [0.2, 0.25) is 0 Å². The Morgan fingerprint density at radius 3 is 0.929 bits per heavy atom. The summed E-state index contributed by atoms with van der Waals surface area (Å²) in [7, 11) is 0. The molecule has 4 amide bonds. The SMILES string of the molecule is Cc1cc(C(=O)Nc2cc(C)c(C)cc2C)n(-c2ccc(-c3ccccc3C)cc2C)n1.Cc1cc(C(=O)Nc2cc(C)c(C)cc2C)n(-c2ccc(-c3ccccc3C)cn2)n1.Cc1cc(C(=O)Nc2cc(C)c(C)cc2C)n(-c2ncc(-c3ccccc3C)cn2)n1.Cc1cc(C(=O)Nc2nc(C)c(C)cc2C)n(-c2ccc(-c3ccccc3C)cc2C)n1. The van der Waals surface area contributed by atoms with E-state index in [1.807, 2.05) is 193 Å². The number of nitrogens with one attached hydrogen (secondary N) is 4. The predicted octanol–water partition coefficient (Wildman–Crippen LogP) is 23.5. The third-order valence-corrected chi connectivity index (χ3v) is 22.9. The van der Waals surface area contributed by atoms with E-state index in [0.29, 0.717) is 46.1 Å². The van der Waals surface area contributed by atoms with E-state index in [9.17, 15) is 19.2 Å². The molecule has 0 unspecified atom stereocenters. The van der Waals surface area contributed by atoms with Crippen molar-refractivity contribution in [1.29, 1.82) is 0 Å². The molecule has 0 saturated carbocycles. The van der Waals surface area contributed by atoms with Crippen molar-refractivity contribution in [3.8, 4) is 67.6 Å². The third-order valence-electron chi connectivity index (χ3n) is 22.9. The highest BCUT2D eigenvalue weighted by atomic mass is 16.2. The van der Waals surface area contributed by atoms with Gasteiger partial charge in [0.25, 0.3) is 29.6 Å². The first-order valence-electron chi connectivity index (χ1n) is 42.1. The van der Waals surface area contributed by atoms with Gasteiger partial charge in [0, 0.05) is 52.5 Å². The molecule has 0 saturated heterocycles. The highest BCUT2D eigenvalue weighted by Gasteiger charge is 2.25. The molecule has 0 spiro atoms. The zero-order valence-electron chi connectivity index (χ0n) is 75.9. The second kappa shape index (κ2) is 38.2. The molecule has 0 atom stereocenters. The second-order valence-corrected chi connectivity index (χ2v) is 32.9. The number of amides is 4.